The van der Waals surface area contributed by atoms with Gasteiger partial charge in [-0.3, -0.25) is 0 Å². The van der Waals surface area contributed by atoms with E-state index in [-0.39, 0.29) is 6.04 Å². The van der Waals surface area contributed by atoms with E-state index in [0.29, 0.717) is 5.82 Å². The minimum atomic E-state index is 0.274. The van der Waals surface area contributed by atoms with E-state index in [2.05, 4.69) is 46.4 Å². The van der Waals surface area contributed by atoms with Crippen LogP contribution in [0.15, 0.2) is 18.6 Å². The number of nitrogen functional groups attached to an aromatic ring is 1. The number of nitrogens with one attached hydrogen (secondary N) is 2. The smallest absolute Gasteiger partial charge is 0.180 e. The first-order chi connectivity index (χ1) is 9.67. The molecular weight excluding hydrogens is 254 g/mol. The summed E-state index contributed by atoms with van der Waals surface area (Å²) in [5.74, 6) is 6.80. The molecule has 2 rings (SSSR count). The molecule has 7 heteroatoms. The van der Waals surface area contributed by atoms with Crippen molar-refractivity contribution in [2.45, 2.75) is 26.8 Å². The van der Waals surface area contributed by atoms with E-state index in [1.54, 1.807) is 6.20 Å². The third kappa shape index (κ3) is 3.17. The first-order valence-electron chi connectivity index (χ1n) is 6.97. The highest BCUT2D eigenvalue weighted by atomic mass is 15.3. The molecule has 0 radical (unpaired) electrons. The third-order valence-electron chi connectivity index (χ3n) is 3.33. The molecule has 0 aliphatic rings. The lowest BCUT2D eigenvalue weighted by Gasteiger charge is -2.24. The number of nitrogens with zero attached hydrogens (tertiary/aromatic N) is 4. The Kier molecular flexibility index (Phi) is 4.75. The second-order valence-electron chi connectivity index (χ2n) is 4.81. The van der Waals surface area contributed by atoms with Gasteiger partial charge in [-0.15, -0.1) is 0 Å². The molecule has 0 bridgehead atoms. The molecule has 110 valence electrons. The van der Waals surface area contributed by atoms with Crippen LogP contribution in [0.4, 0.5) is 11.6 Å². The Labute approximate surface area is 119 Å². The van der Waals surface area contributed by atoms with Gasteiger partial charge in [0.15, 0.2) is 17.3 Å². The second-order valence-corrected chi connectivity index (χ2v) is 4.81. The van der Waals surface area contributed by atoms with Crippen molar-refractivity contribution in [3.63, 3.8) is 0 Å². The maximum atomic E-state index is 5.45. The molecular formula is C13H23N7. The lowest BCUT2D eigenvalue weighted by atomic mass is 10.3. The average molecular weight is 277 g/mol. The van der Waals surface area contributed by atoms with Gasteiger partial charge in [-0.2, -0.15) is 0 Å². The molecule has 1 atom stereocenters. The van der Waals surface area contributed by atoms with Crippen LogP contribution in [0.25, 0.3) is 5.65 Å². The Hall–Kier alpha value is -1.86. The number of aromatic nitrogens is 3. The predicted octanol–water partition coefficient (Wildman–Crippen LogP) is 1.16. The summed E-state index contributed by atoms with van der Waals surface area (Å²) in [6, 6.07) is 0.274. The van der Waals surface area contributed by atoms with Crippen LogP contribution < -0.4 is 16.6 Å². The fourth-order valence-corrected chi connectivity index (χ4v) is 2.25. The normalized spacial score (nSPS) is 12.8. The number of imidazole rings is 1. The summed E-state index contributed by atoms with van der Waals surface area (Å²) in [4.78, 5) is 11.1. The molecule has 2 heterocycles. The summed E-state index contributed by atoms with van der Waals surface area (Å²) < 4.78 is 1.90. The van der Waals surface area contributed by atoms with Crippen molar-refractivity contribution < 1.29 is 0 Å². The van der Waals surface area contributed by atoms with Crippen molar-refractivity contribution in [3.05, 3.63) is 18.6 Å². The van der Waals surface area contributed by atoms with E-state index >= 15 is 0 Å². The zero-order valence-electron chi connectivity index (χ0n) is 12.3. The van der Waals surface area contributed by atoms with Crippen molar-refractivity contribution in [1.29, 1.82) is 0 Å². The molecule has 0 fully saturated rings. The summed E-state index contributed by atoms with van der Waals surface area (Å²) in [7, 11) is 0. The first kappa shape index (κ1) is 14.5. The van der Waals surface area contributed by atoms with Gasteiger partial charge in [0, 0.05) is 25.0 Å². The van der Waals surface area contributed by atoms with Crippen LogP contribution in [0.3, 0.4) is 0 Å². The second kappa shape index (κ2) is 6.53. The quantitative estimate of drug-likeness (QED) is 0.520. The molecule has 2 aromatic rings. The molecule has 7 nitrogen and oxygen atoms in total. The molecule has 0 amide bonds. The number of fused-ring (bicyclic) bond motifs is 1. The maximum Gasteiger partial charge on any atom is 0.180 e. The lowest BCUT2D eigenvalue weighted by Crippen LogP contribution is -2.35. The van der Waals surface area contributed by atoms with Crippen LogP contribution in [-0.4, -0.2) is 44.9 Å². The van der Waals surface area contributed by atoms with E-state index in [0.717, 1.165) is 31.1 Å². The van der Waals surface area contributed by atoms with E-state index in [1.807, 2.05) is 16.8 Å². The highest BCUT2D eigenvalue weighted by molar-refractivity contribution is 5.65. The maximum absolute atomic E-state index is 5.45. The first-order valence-corrected chi connectivity index (χ1v) is 6.97. The van der Waals surface area contributed by atoms with E-state index in [1.165, 1.54) is 0 Å². The van der Waals surface area contributed by atoms with E-state index < -0.39 is 0 Å². The van der Waals surface area contributed by atoms with Gasteiger partial charge in [0.2, 0.25) is 0 Å². The van der Waals surface area contributed by atoms with Crippen LogP contribution in [-0.2, 0) is 0 Å². The number of rotatable bonds is 7. The molecule has 4 N–H and O–H groups in total. The zero-order valence-corrected chi connectivity index (χ0v) is 12.3. The summed E-state index contributed by atoms with van der Waals surface area (Å²) in [5, 5.41) is 3.41. The van der Waals surface area contributed by atoms with Crippen LogP contribution in [0, 0.1) is 0 Å². The highest BCUT2D eigenvalue weighted by Crippen LogP contribution is 2.16. The Morgan fingerprint density at radius 1 is 1.40 bits per heavy atom. The monoisotopic (exact) mass is 277 g/mol. The standard InChI is InChI=1S/C13H23N7/c1-4-19(5-2)8-10(3)16-12-13-15-6-7-20(13)9-11(17-12)18-14/h6-7,9-10,18H,4-5,8,14H2,1-3H3,(H,16,17). The highest BCUT2D eigenvalue weighted by Gasteiger charge is 2.12. The summed E-state index contributed by atoms with van der Waals surface area (Å²) in [6.07, 6.45) is 5.43. The molecule has 0 aliphatic carbocycles. The molecule has 2 aromatic heterocycles. The van der Waals surface area contributed by atoms with Crippen LogP contribution in [0.1, 0.15) is 20.8 Å². The summed E-state index contributed by atoms with van der Waals surface area (Å²) in [6.45, 7) is 9.52. The summed E-state index contributed by atoms with van der Waals surface area (Å²) >= 11 is 0. The fraction of sp³-hybridized carbons (Fsp3) is 0.538. The topological polar surface area (TPSA) is 83.5 Å². The zero-order chi connectivity index (χ0) is 14.5. The van der Waals surface area contributed by atoms with Gasteiger partial charge in [0.25, 0.3) is 0 Å². The van der Waals surface area contributed by atoms with Crippen LogP contribution >= 0.6 is 0 Å². The van der Waals surface area contributed by atoms with Gasteiger partial charge in [0.05, 0.1) is 6.20 Å². The SMILES string of the molecule is CCN(CC)CC(C)Nc1nc(NN)cn2ccnc12. The molecule has 0 aliphatic heterocycles. The Morgan fingerprint density at radius 2 is 2.15 bits per heavy atom. The van der Waals surface area contributed by atoms with Gasteiger partial charge in [-0.05, 0) is 20.0 Å². The van der Waals surface area contributed by atoms with Crippen molar-refractivity contribution in [3.8, 4) is 0 Å². The Bertz CT molecular complexity index is 547. The third-order valence-corrected chi connectivity index (χ3v) is 3.33. The van der Waals surface area contributed by atoms with Gasteiger partial charge in [-0.25, -0.2) is 15.8 Å². The minimum Gasteiger partial charge on any atom is -0.363 e. The van der Waals surface area contributed by atoms with Crippen LogP contribution in [0.5, 0.6) is 0 Å². The molecule has 0 aromatic carbocycles. The van der Waals surface area contributed by atoms with Crippen molar-refractivity contribution >= 4 is 17.3 Å². The number of anilines is 2. The van der Waals surface area contributed by atoms with Gasteiger partial charge >= 0.3 is 0 Å². The van der Waals surface area contributed by atoms with Crippen molar-refractivity contribution in [1.82, 2.24) is 19.3 Å². The predicted molar refractivity (Wildman–Crippen MR) is 81.7 cm³/mol. The number of hydrogen-bond acceptors (Lipinski definition) is 6. The van der Waals surface area contributed by atoms with E-state index in [4.69, 9.17) is 5.84 Å². The molecule has 0 saturated heterocycles. The average Bonchev–Trinajstić information content (AvgIpc) is 2.93. The van der Waals surface area contributed by atoms with Crippen LogP contribution in [0.2, 0.25) is 0 Å². The molecule has 20 heavy (non-hydrogen) atoms. The lowest BCUT2D eigenvalue weighted by molar-refractivity contribution is 0.294. The molecule has 1 unspecified atom stereocenters. The molecule has 0 saturated carbocycles. The van der Waals surface area contributed by atoms with Crippen molar-refractivity contribution in [2.75, 3.05) is 30.4 Å². The Morgan fingerprint density at radius 3 is 2.80 bits per heavy atom. The fourth-order valence-electron chi connectivity index (χ4n) is 2.25. The van der Waals surface area contributed by atoms with Gasteiger partial charge in [0.1, 0.15) is 0 Å². The number of hydrazine groups is 1. The van der Waals surface area contributed by atoms with Crippen molar-refractivity contribution in [2.24, 2.45) is 5.84 Å². The number of likely N-dealkylation sites (N-methyl/N-ethyl adjacent to an activating group) is 1. The number of nitrogens with two attached hydrogens (primary N) is 1. The largest absolute Gasteiger partial charge is 0.363 e. The summed E-state index contributed by atoms with van der Waals surface area (Å²) in [5.41, 5.74) is 3.38. The minimum absolute atomic E-state index is 0.274. The van der Waals surface area contributed by atoms with E-state index in [9.17, 15) is 0 Å². The molecule has 0 spiro atoms. The number of hydrogen-bond donors (Lipinski definition) is 3. The Balaban J connectivity index is 2.17. The van der Waals surface area contributed by atoms with Gasteiger partial charge in [-0.1, -0.05) is 13.8 Å². The van der Waals surface area contributed by atoms with Gasteiger partial charge < -0.3 is 20.0 Å².